The molecule has 1 aromatic heterocycles. The lowest BCUT2D eigenvalue weighted by Crippen LogP contribution is -2.26. The van der Waals surface area contributed by atoms with E-state index < -0.39 is 0 Å². The van der Waals surface area contributed by atoms with E-state index in [2.05, 4.69) is 16.8 Å². The van der Waals surface area contributed by atoms with E-state index in [4.69, 9.17) is 5.11 Å². The molecule has 0 fully saturated rings. The zero-order chi connectivity index (χ0) is 10.4. The van der Waals surface area contributed by atoms with Crippen molar-refractivity contribution in [1.82, 2.24) is 9.88 Å². The monoisotopic (exact) mass is 194 g/mol. The molecule has 0 unspecified atom stereocenters. The molecule has 0 aliphatic carbocycles. The maximum atomic E-state index is 8.84. The molecule has 0 aromatic carbocycles. The van der Waals surface area contributed by atoms with Crippen LogP contribution in [0.3, 0.4) is 0 Å². The summed E-state index contributed by atoms with van der Waals surface area (Å²) in [6.07, 6.45) is 0. The van der Waals surface area contributed by atoms with Crippen LogP contribution in [0, 0.1) is 6.92 Å². The highest BCUT2D eigenvalue weighted by atomic mass is 16.3. The number of likely N-dealkylation sites (N-methyl/N-ethyl adjacent to an activating group) is 1. The molecule has 0 saturated carbocycles. The number of aromatic nitrogens is 1. The standard InChI is InChI=1S/C11H18N2O/c1-3-13(7-8-14)9-11-6-4-5-10(2)12-11/h4-6,14H,3,7-9H2,1-2H3. The molecule has 0 aliphatic heterocycles. The van der Waals surface area contributed by atoms with Crippen molar-refractivity contribution in [2.75, 3.05) is 19.7 Å². The Morgan fingerprint density at radius 3 is 2.79 bits per heavy atom. The number of aryl methyl sites for hydroxylation is 1. The van der Waals surface area contributed by atoms with Crippen molar-refractivity contribution < 1.29 is 5.11 Å². The predicted molar refractivity (Wildman–Crippen MR) is 57.0 cm³/mol. The Bertz CT molecular complexity index is 276. The Morgan fingerprint density at radius 2 is 2.21 bits per heavy atom. The van der Waals surface area contributed by atoms with E-state index in [1.54, 1.807) is 0 Å². The van der Waals surface area contributed by atoms with E-state index in [1.165, 1.54) is 0 Å². The van der Waals surface area contributed by atoms with Crippen molar-refractivity contribution in [1.29, 1.82) is 0 Å². The first-order valence-electron chi connectivity index (χ1n) is 5.02. The number of aliphatic hydroxyl groups is 1. The van der Waals surface area contributed by atoms with Crippen LogP contribution in [-0.4, -0.2) is 34.7 Å². The van der Waals surface area contributed by atoms with Crippen LogP contribution in [0.15, 0.2) is 18.2 Å². The maximum Gasteiger partial charge on any atom is 0.0558 e. The molecule has 78 valence electrons. The first kappa shape index (κ1) is 11.1. The summed E-state index contributed by atoms with van der Waals surface area (Å²) >= 11 is 0. The number of rotatable bonds is 5. The minimum atomic E-state index is 0.208. The van der Waals surface area contributed by atoms with Crippen molar-refractivity contribution in [3.8, 4) is 0 Å². The van der Waals surface area contributed by atoms with Gasteiger partial charge in [0.1, 0.15) is 0 Å². The van der Waals surface area contributed by atoms with Gasteiger partial charge in [0.25, 0.3) is 0 Å². The average molecular weight is 194 g/mol. The Kier molecular flexibility index (Phi) is 4.56. The van der Waals surface area contributed by atoms with Crippen molar-refractivity contribution in [3.63, 3.8) is 0 Å². The van der Waals surface area contributed by atoms with Crippen LogP contribution in [0.25, 0.3) is 0 Å². The second-order valence-corrected chi connectivity index (χ2v) is 3.36. The topological polar surface area (TPSA) is 36.4 Å². The van der Waals surface area contributed by atoms with Gasteiger partial charge in [0, 0.05) is 18.8 Å². The van der Waals surface area contributed by atoms with Crippen molar-refractivity contribution in [2.24, 2.45) is 0 Å². The highest BCUT2D eigenvalue weighted by Gasteiger charge is 2.03. The molecule has 0 atom stereocenters. The van der Waals surface area contributed by atoms with Gasteiger partial charge in [-0.15, -0.1) is 0 Å². The third-order valence-corrected chi connectivity index (χ3v) is 2.20. The molecule has 3 nitrogen and oxygen atoms in total. The van der Waals surface area contributed by atoms with Crippen LogP contribution in [0.2, 0.25) is 0 Å². The van der Waals surface area contributed by atoms with E-state index in [0.717, 1.165) is 24.5 Å². The molecule has 14 heavy (non-hydrogen) atoms. The van der Waals surface area contributed by atoms with Gasteiger partial charge in [-0.2, -0.15) is 0 Å². The van der Waals surface area contributed by atoms with Gasteiger partial charge < -0.3 is 5.11 Å². The first-order valence-corrected chi connectivity index (χ1v) is 5.02. The number of nitrogens with zero attached hydrogens (tertiary/aromatic N) is 2. The number of hydrogen-bond acceptors (Lipinski definition) is 3. The van der Waals surface area contributed by atoms with Crippen molar-refractivity contribution in [3.05, 3.63) is 29.6 Å². The lowest BCUT2D eigenvalue weighted by Gasteiger charge is -2.18. The summed E-state index contributed by atoms with van der Waals surface area (Å²) in [6.45, 7) is 6.76. The second-order valence-electron chi connectivity index (χ2n) is 3.36. The molecule has 0 saturated heterocycles. The lowest BCUT2D eigenvalue weighted by atomic mass is 10.3. The van der Waals surface area contributed by atoms with E-state index in [9.17, 15) is 0 Å². The van der Waals surface area contributed by atoms with Crippen molar-refractivity contribution in [2.45, 2.75) is 20.4 Å². The first-order chi connectivity index (χ1) is 6.76. The SMILES string of the molecule is CCN(CCO)Cc1cccc(C)n1. The summed E-state index contributed by atoms with van der Waals surface area (Å²) in [6, 6.07) is 6.03. The third kappa shape index (κ3) is 3.44. The zero-order valence-electron chi connectivity index (χ0n) is 8.90. The number of pyridine rings is 1. The van der Waals surface area contributed by atoms with Gasteiger partial charge in [0.15, 0.2) is 0 Å². The molecule has 1 heterocycles. The van der Waals surface area contributed by atoms with Crippen LogP contribution in [0.1, 0.15) is 18.3 Å². The minimum absolute atomic E-state index is 0.208. The van der Waals surface area contributed by atoms with Gasteiger partial charge in [0.2, 0.25) is 0 Å². The number of aliphatic hydroxyl groups excluding tert-OH is 1. The molecule has 0 radical (unpaired) electrons. The largest absolute Gasteiger partial charge is 0.395 e. The summed E-state index contributed by atoms with van der Waals surface area (Å²) in [5, 5.41) is 8.84. The quantitative estimate of drug-likeness (QED) is 0.765. The molecule has 0 bridgehead atoms. The fourth-order valence-electron chi connectivity index (χ4n) is 1.41. The van der Waals surface area contributed by atoms with Crippen molar-refractivity contribution >= 4 is 0 Å². The zero-order valence-corrected chi connectivity index (χ0v) is 8.90. The molecule has 3 heteroatoms. The van der Waals surface area contributed by atoms with E-state index in [-0.39, 0.29) is 6.61 Å². The summed E-state index contributed by atoms with van der Waals surface area (Å²) in [7, 11) is 0. The molecule has 1 aromatic rings. The van der Waals surface area contributed by atoms with E-state index in [0.29, 0.717) is 6.54 Å². The van der Waals surface area contributed by atoms with Crippen LogP contribution >= 0.6 is 0 Å². The van der Waals surface area contributed by atoms with Gasteiger partial charge in [-0.1, -0.05) is 13.0 Å². The van der Waals surface area contributed by atoms with Crippen LogP contribution in [0.5, 0.6) is 0 Å². The second kappa shape index (κ2) is 5.73. The van der Waals surface area contributed by atoms with Crippen LogP contribution < -0.4 is 0 Å². The van der Waals surface area contributed by atoms with Crippen LogP contribution in [-0.2, 0) is 6.54 Å². The summed E-state index contributed by atoms with van der Waals surface area (Å²) in [5.74, 6) is 0. The smallest absolute Gasteiger partial charge is 0.0558 e. The van der Waals surface area contributed by atoms with Crippen LogP contribution in [0.4, 0.5) is 0 Å². The Hall–Kier alpha value is -0.930. The van der Waals surface area contributed by atoms with Gasteiger partial charge in [0.05, 0.1) is 12.3 Å². The molecular weight excluding hydrogens is 176 g/mol. The van der Waals surface area contributed by atoms with Gasteiger partial charge in [-0.25, -0.2) is 0 Å². The highest BCUT2D eigenvalue weighted by molar-refractivity contribution is 5.09. The molecule has 1 rings (SSSR count). The summed E-state index contributed by atoms with van der Waals surface area (Å²) in [4.78, 5) is 6.59. The molecule has 0 aliphatic rings. The lowest BCUT2D eigenvalue weighted by molar-refractivity contribution is 0.195. The van der Waals surface area contributed by atoms with E-state index >= 15 is 0 Å². The molecule has 0 spiro atoms. The Morgan fingerprint density at radius 1 is 1.43 bits per heavy atom. The van der Waals surface area contributed by atoms with Gasteiger partial charge in [-0.05, 0) is 25.6 Å². The molecular formula is C11H18N2O. The summed E-state index contributed by atoms with van der Waals surface area (Å²) < 4.78 is 0. The molecule has 0 amide bonds. The minimum Gasteiger partial charge on any atom is -0.395 e. The van der Waals surface area contributed by atoms with Gasteiger partial charge in [-0.3, -0.25) is 9.88 Å². The Balaban J connectivity index is 2.57. The Labute approximate surface area is 85.4 Å². The third-order valence-electron chi connectivity index (χ3n) is 2.20. The average Bonchev–Trinajstić information content (AvgIpc) is 2.17. The number of hydrogen-bond donors (Lipinski definition) is 1. The van der Waals surface area contributed by atoms with E-state index in [1.807, 2.05) is 25.1 Å². The van der Waals surface area contributed by atoms with Gasteiger partial charge >= 0.3 is 0 Å². The fourth-order valence-corrected chi connectivity index (χ4v) is 1.41. The normalized spacial score (nSPS) is 10.9. The predicted octanol–water partition coefficient (Wildman–Crippen LogP) is 1.20. The maximum absolute atomic E-state index is 8.84. The summed E-state index contributed by atoms with van der Waals surface area (Å²) in [5.41, 5.74) is 2.11. The highest BCUT2D eigenvalue weighted by Crippen LogP contribution is 2.02. The molecule has 1 N–H and O–H groups in total. The fraction of sp³-hybridized carbons (Fsp3) is 0.545.